The monoisotopic (exact) mass is 586 g/mol. The van der Waals surface area contributed by atoms with Crippen LogP contribution in [-0.4, -0.2) is 57.9 Å². The zero-order valence-electron chi connectivity index (χ0n) is 22.3. The number of alkyl carbamates (subject to hydrolysis) is 1. The van der Waals surface area contributed by atoms with Crippen LogP contribution in [0.1, 0.15) is 57.3 Å². The molecule has 38 heavy (non-hydrogen) atoms. The summed E-state index contributed by atoms with van der Waals surface area (Å²) >= 11 is 3.45. The lowest BCUT2D eigenvalue weighted by Crippen LogP contribution is -2.46. The molecule has 1 fully saturated rings. The molecular weight excluding hydrogens is 551 g/mol. The first-order valence-corrected chi connectivity index (χ1v) is 13.9. The van der Waals surface area contributed by atoms with Gasteiger partial charge >= 0.3 is 6.09 Å². The molecule has 4 rings (SSSR count). The van der Waals surface area contributed by atoms with Gasteiger partial charge in [-0.15, -0.1) is 0 Å². The summed E-state index contributed by atoms with van der Waals surface area (Å²) < 4.78 is 21.8. The molecule has 1 aromatic heterocycles. The van der Waals surface area contributed by atoms with Gasteiger partial charge < -0.3 is 19.5 Å². The minimum absolute atomic E-state index is 0.0235. The van der Waals surface area contributed by atoms with Crippen LogP contribution in [0.5, 0.6) is 0 Å². The number of imidazole rings is 1. The van der Waals surface area contributed by atoms with E-state index in [1.165, 1.54) is 0 Å². The predicted molar refractivity (Wildman–Crippen MR) is 150 cm³/mol. The molecule has 2 aromatic carbocycles. The lowest BCUT2D eigenvalue weighted by Gasteiger charge is -2.34. The van der Waals surface area contributed by atoms with Crippen molar-refractivity contribution in [3.05, 3.63) is 64.4 Å². The van der Waals surface area contributed by atoms with Crippen molar-refractivity contribution in [1.29, 1.82) is 0 Å². The summed E-state index contributed by atoms with van der Waals surface area (Å²) in [6.07, 6.45) is 1.85. The van der Waals surface area contributed by atoms with Crippen molar-refractivity contribution in [3.63, 3.8) is 0 Å². The average molecular weight is 588 g/mol. The molecular formula is C29H36BrFN4O3. The van der Waals surface area contributed by atoms with E-state index < -0.39 is 24.4 Å². The van der Waals surface area contributed by atoms with Gasteiger partial charge in [0.2, 0.25) is 5.91 Å². The van der Waals surface area contributed by atoms with Gasteiger partial charge in [0.25, 0.3) is 0 Å². The number of aromatic nitrogens is 2. The minimum Gasteiger partial charge on any atom is -0.444 e. The Morgan fingerprint density at radius 2 is 1.92 bits per heavy atom. The summed E-state index contributed by atoms with van der Waals surface area (Å²) in [5.74, 6) is 0.830. The number of rotatable bonds is 8. The molecule has 2 unspecified atom stereocenters. The molecule has 2 atom stereocenters. The molecule has 1 aliphatic heterocycles. The zero-order valence-corrected chi connectivity index (χ0v) is 23.8. The smallest absolute Gasteiger partial charge is 0.407 e. The quantitative estimate of drug-likeness (QED) is 0.351. The predicted octanol–water partition coefficient (Wildman–Crippen LogP) is 6.00. The number of carbonyl (C=O) groups is 2. The number of nitrogens with zero attached hydrogens (tertiary/aromatic N) is 3. The van der Waals surface area contributed by atoms with Crippen molar-refractivity contribution < 1.29 is 18.7 Å². The summed E-state index contributed by atoms with van der Waals surface area (Å²) in [5.41, 5.74) is 2.13. The summed E-state index contributed by atoms with van der Waals surface area (Å²) in [5, 5.41) is 2.91. The number of ether oxygens (including phenoxy) is 1. The van der Waals surface area contributed by atoms with Crippen LogP contribution in [0.2, 0.25) is 0 Å². The lowest BCUT2D eigenvalue weighted by atomic mass is 9.96. The maximum absolute atomic E-state index is 13.5. The third-order valence-electron chi connectivity index (χ3n) is 6.67. The first kappa shape index (κ1) is 28.1. The van der Waals surface area contributed by atoms with E-state index in [0.717, 1.165) is 39.7 Å². The molecule has 0 spiro atoms. The molecule has 3 aromatic rings. The Morgan fingerprint density at radius 3 is 2.63 bits per heavy atom. The summed E-state index contributed by atoms with van der Waals surface area (Å²) in [7, 11) is 0. The molecule has 1 aliphatic rings. The number of fused-ring (bicyclic) bond motifs is 1. The molecule has 0 saturated carbocycles. The van der Waals surface area contributed by atoms with Gasteiger partial charge in [0.1, 0.15) is 18.1 Å². The molecule has 0 bridgehead atoms. The SMILES string of the molecule is CC(C)(C)OC(=O)NC(CC(=O)N1CCCC(c2nc3ccccc3n2CCF)C1)Cc1ccc(Br)cc1. The van der Waals surface area contributed by atoms with E-state index in [1.807, 2.05) is 78.8 Å². The second-order valence-electron chi connectivity index (χ2n) is 10.9. The Kier molecular flexibility index (Phi) is 9.07. The van der Waals surface area contributed by atoms with Gasteiger partial charge in [-0.25, -0.2) is 14.2 Å². The van der Waals surface area contributed by atoms with Gasteiger partial charge in [-0.3, -0.25) is 4.79 Å². The Hall–Kier alpha value is -2.94. The number of aryl methyl sites for hydroxylation is 1. The van der Waals surface area contributed by atoms with Crippen molar-refractivity contribution >= 4 is 39.0 Å². The average Bonchev–Trinajstić information content (AvgIpc) is 3.23. The molecule has 2 heterocycles. The number of amides is 2. The number of piperidine rings is 1. The standard InChI is InChI=1S/C29H36BrFN4O3/c1-29(2,3)38-28(37)32-23(17-20-10-12-22(30)13-11-20)18-26(36)34-15-6-7-21(19-34)27-33-24-8-4-5-9-25(24)35(27)16-14-31/h4-5,8-13,21,23H,6-7,14-19H2,1-3H3,(H,32,37). The van der Waals surface area contributed by atoms with Gasteiger partial charge in [0.15, 0.2) is 0 Å². The van der Waals surface area contributed by atoms with Crippen LogP contribution >= 0.6 is 15.9 Å². The van der Waals surface area contributed by atoms with Crippen LogP contribution in [-0.2, 0) is 22.5 Å². The molecule has 2 amide bonds. The van der Waals surface area contributed by atoms with Crippen LogP contribution < -0.4 is 5.32 Å². The largest absolute Gasteiger partial charge is 0.444 e. The highest BCUT2D eigenvalue weighted by Crippen LogP contribution is 2.30. The topological polar surface area (TPSA) is 76.5 Å². The van der Waals surface area contributed by atoms with E-state index in [1.54, 1.807) is 0 Å². The highest BCUT2D eigenvalue weighted by atomic mass is 79.9. The van der Waals surface area contributed by atoms with Crippen molar-refractivity contribution in [2.75, 3.05) is 19.8 Å². The maximum atomic E-state index is 13.5. The van der Waals surface area contributed by atoms with Gasteiger partial charge in [-0.05, 0) is 69.9 Å². The number of carbonyl (C=O) groups excluding carboxylic acids is 2. The Bertz CT molecular complexity index is 1250. The van der Waals surface area contributed by atoms with E-state index >= 15 is 0 Å². The summed E-state index contributed by atoms with van der Waals surface area (Å²) in [6.45, 7) is 6.37. The first-order chi connectivity index (χ1) is 18.1. The Labute approximate surface area is 231 Å². The van der Waals surface area contributed by atoms with E-state index in [-0.39, 0.29) is 24.8 Å². The number of halogens is 2. The number of likely N-dealkylation sites (tertiary alicyclic amines) is 1. The number of alkyl halides is 1. The number of hydrogen-bond donors (Lipinski definition) is 1. The van der Waals surface area contributed by atoms with E-state index in [4.69, 9.17) is 9.72 Å². The lowest BCUT2D eigenvalue weighted by molar-refractivity contribution is -0.132. The fourth-order valence-electron chi connectivity index (χ4n) is 5.03. The van der Waals surface area contributed by atoms with Crippen molar-refractivity contribution in [2.45, 2.75) is 70.6 Å². The second-order valence-corrected chi connectivity index (χ2v) is 11.8. The highest BCUT2D eigenvalue weighted by molar-refractivity contribution is 9.10. The first-order valence-electron chi connectivity index (χ1n) is 13.2. The van der Waals surface area contributed by atoms with Crippen LogP contribution in [0.25, 0.3) is 11.0 Å². The van der Waals surface area contributed by atoms with Crippen molar-refractivity contribution in [2.24, 2.45) is 0 Å². The highest BCUT2D eigenvalue weighted by Gasteiger charge is 2.30. The molecule has 204 valence electrons. The van der Waals surface area contributed by atoms with Crippen LogP contribution in [0.15, 0.2) is 53.0 Å². The van der Waals surface area contributed by atoms with Crippen LogP contribution in [0.3, 0.4) is 0 Å². The summed E-state index contributed by atoms with van der Waals surface area (Å²) in [6, 6.07) is 15.2. The molecule has 1 saturated heterocycles. The molecule has 1 N–H and O–H groups in total. The van der Waals surface area contributed by atoms with E-state index in [2.05, 4.69) is 21.2 Å². The van der Waals surface area contributed by atoms with Gasteiger partial charge in [-0.2, -0.15) is 0 Å². The molecule has 9 heteroatoms. The van der Waals surface area contributed by atoms with Crippen molar-refractivity contribution in [3.8, 4) is 0 Å². The number of benzene rings is 2. The van der Waals surface area contributed by atoms with Gasteiger partial charge in [0, 0.05) is 35.9 Å². The molecule has 0 radical (unpaired) electrons. The van der Waals surface area contributed by atoms with Crippen LogP contribution in [0.4, 0.5) is 9.18 Å². The van der Waals surface area contributed by atoms with Gasteiger partial charge in [0.05, 0.1) is 17.6 Å². The van der Waals surface area contributed by atoms with Crippen LogP contribution in [0, 0.1) is 0 Å². The van der Waals surface area contributed by atoms with Gasteiger partial charge in [-0.1, -0.05) is 40.2 Å². The van der Waals surface area contributed by atoms with E-state index in [0.29, 0.717) is 19.5 Å². The minimum atomic E-state index is -0.637. The molecule has 0 aliphatic carbocycles. The number of nitrogens with one attached hydrogen (secondary N) is 1. The third-order valence-corrected chi connectivity index (χ3v) is 7.20. The fourth-order valence-corrected chi connectivity index (χ4v) is 5.30. The maximum Gasteiger partial charge on any atom is 0.407 e. The third kappa shape index (κ3) is 7.34. The summed E-state index contributed by atoms with van der Waals surface area (Å²) in [4.78, 5) is 32.8. The Balaban J connectivity index is 1.49. The fraction of sp³-hybridized carbons (Fsp3) is 0.483. The normalized spacial score (nSPS) is 16.9. The number of para-hydroxylation sites is 2. The Morgan fingerprint density at radius 1 is 1.18 bits per heavy atom. The zero-order chi connectivity index (χ0) is 27.3. The number of hydrogen-bond acceptors (Lipinski definition) is 4. The second kappa shape index (κ2) is 12.3. The van der Waals surface area contributed by atoms with Crippen molar-refractivity contribution in [1.82, 2.24) is 19.8 Å². The molecule has 7 nitrogen and oxygen atoms in total. The van der Waals surface area contributed by atoms with E-state index in [9.17, 15) is 14.0 Å².